The first-order valence-corrected chi connectivity index (χ1v) is 7.45. The lowest BCUT2D eigenvalue weighted by atomic mass is 9.33. The van der Waals surface area contributed by atoms with E-state index in [0.717, 1.165) is 39.4 Å². The summed E-state index contributed by atoms with van der Waals surface area (Å²) in [6.45, 7) is 3.88. The van der Waals surface area contributed by atoms with Crippen molar-refractivity contribution in [3.05, 3.63) is 60.3 Å². The number of ether oxygens (including phenoxy) is 3. The topological polar surface area (TPSA) is 40.0 Å². The van der Waals surface area contributed by atoms with Crippen LogP contribution in [0.1, 0.15) is 0 Å². The van der Waals surface area contributed by atoms with Gasteiger partial charge in [-0.15, -0.1) is 0 Å². The minimum atomic E-state index is -0.00431. The van der Waals surface area contributed by atoms with Gasteiger partial charge in [0.1, 0.15) is 28.8 Å². The standard InChI is InChI=1S/C18H12BNO3/c1-3-10-17-18(20-2)23-14-9-5-8-13-16(14)19(17)15-11(21-10)6-4-7-12(15)22-13/h3-9H,1H2,2H3. The summed E-state index contributed by atoms with van der Waals surface area (Å²) in [5.74, 6) is 4.45. The number of allylic oxidation sites excluding steroid dienone is 1. The number of benzene rings is 2. The smallest absolute Gasteiger partial charge is 0.272 e. The molecule has 0 fully saturated rings. The van der Waals surface area contributed by atoms with Crippen molar-refractivity contribution in [1.82, 2.24) is 0 Å². The fourth-order valence-electron chi connectivity index (χ4n) is 3.55. The maximum absolute atomic E-state index is 6.08. The molecule has 3 aliphatic rings. The second kappa shape index (κ2) is 4.29. The van der Waals surface area contributed by atoms with Gasteiger partial charge in [-0.2, -0.15) is 0 Å². The first kappa shape index (κ1) is 12.6. The van der Waals surface area contributed by atoms with Crippen LogP contribution >= 0.6 is 0 Å². The molecule has 0 unspecified atom stereocenters. The largest absolute Gasteiger partial charge is 0.458 e. The Labute approximate surface area is 133 Å². The van der Waals surface area contributed by atoms with Crippen molar-refractivity contribution in [3.63, 3.8) is 0 Å². The molecule has 0 aliphatic carbocycles. The Morgan fingerprint density at radius 2 is 1.48 bits per heavy atom. The van der Waals surface area contributed by atoms with Crippen molar-refractivity contribution < 1.29 is 14.2 Å². The third-order valence-electron chi connectivity index (χ3n) is 4.45. The number of rotatable bonds is 1. The minimum absolute atomic E-state index is 0.00431. The van der Waals surface area contributed by atoms with Crippen LogP contribution in [0.5, 0.6) is 23.0 Å². The van der Waals surface area contributed by atoms with Crippen LogP contribution in [0.4, 0.5) is 0 Å². The van der Waals surface area contributed by atoms with Crippen LogP contribution in [0.25, 0.3) is 0 Å². The van der Waals surface area contributed by atoms with Gasteiger partial charge in [0.25, 0.3) is 6.71 Å². The summed E-state index contributed by atoms with van der Waals surface area (Å²) in [6.07, 6.45) is 1.71. The highest BCUT2D eigenvalue weighted by Gasteiger charge is 2.47. The summed E-state index contributed by atoms with van der Waals surface area (Å²) in [7, 11) is 1.72. The maximum atomic E-state index is 6.08. The predicted molar refractivity (Wildman–Crippen MR) is 89.8 cm³/mol. The van der Waals surface area contributed by atoms with E-state index in [1.54, 1.807) is 13.1 Å². The van der Waals surface area contributed by atoms with Gasteiger partial charge in [0.05, 0.1) is 0 Å². The lowest BCUT2D eigenvalue weighted by Crippen LogP contribution is -2.56. The van der Waals surface area contributed by atoms with Crippen LogP contribution in [0, 0.1) is 0 Å². The predicted octanol–water partition coefficient (Wildman–Crippen LogP) is 2.19. The molecular formula is C18H12BNO3. The molecule has 2 aromatic rings. The van der Waals surface area contributed by atoms with Gasteiger partial charge in [0.2, 0.25) is 5.90 Å². The lowest BCUT2D eigenvalue weighted by Gasteiger charge is -2.37. The Morgan fingerprint density at radius 3 is 2.04 bits per heavy atom. The highest BCUT2D eigenvalue weighted by atomic mass is 16.5. The van der Waals surface area contributed by atoms with E-state index in [4.69, 9.17) is 14.2 Å². The van der Waals surface area contributed by atoms with Crippen molar-refractivity contribution in [2.45, 2.75) is 0 Å². The Balaban J connectivity index is 1.93. The van der Waals surface area contributed by atoms with Gasteiger partial charge in [-0.3, -0.25) is 4.99 Å². The Kier molecular flexibility index (Phi) is 2.35. The van der Waals surface area contributed by atoms with Crippen LogP contribution < -0.4 is 25.1 Å². The molecule has 0 spiro atoms. The second-order valence-electron chi connectivity index (χ2n) is 5.59. The zero-order valence-corrected chi connectivity index (χ0v) is 12.5. The monoisotopic (exact) mass is 301 g/mol. The SMILES string of the molecule is C=CC1=C2B3c4c(cccc4Oc4cccc(c43)O1)OC2=NC. The van der Waals surface area contributed by atoms with Crippen molar-refractivity contribution in [3.8, 4) is 23.0 Å². The first-order valence-electron chi connectivity index (χ1n) is 7.45. The molecule has 23 heavy (non-hydrogen) atoms. The highest BCUT2D eigenvalue weighted by molar-refractivity contribution is 6.97. The van der Waals surface area contributed by atoms with Crippen LogP contribution in [0.15, 0.2) is 65.3 Å². The molecule has 3 heterocycles. The van der Waals surface area contributed by atoms with Crippen LogP contribution in [0.3, 0.4) is 0 Å². The Hall–Kier alpha value is -2.95. The van der Waals surface area contributed by atoms with Crippen LogP contribution in [0.2, 0.25) is 0 Å². The molecule has 0 saturated heterocycles. The third kappa shape index (κ3) is 1.49. The average Bonchev–Trinajstić information content (AvgIpc) is 2.60. The number of hydrogen-bond acceptors (Lipinski definition) is 4. The molecule has 0 aromatic heterocycles. The van der Waals surface area contributed by atoms with Crippen LogP contribution in [-0.4, -0.2) is 19.7 Å². The van der Waals surface area contributed by atoms with Gasteiger partial charge >= 0.3 is 0 Å². The van der Waals surface area contributed by atoms with Gasteiger partial charge in [0, 0.05) is 23.4 Å². The molecule has 0 amide bonds. The number of nitrogens with zero attached hydrogens (tertiary/aromatic N) is 1. The number of aliphatic imine (C=N–C) groups is 1. The fourth-order valence-corrected chi connectivity index (χ4v) is 3.55. The first-order chi connectivity index (χ1) is 11.3. The summed E-state index contributed by atoms with van der Waals surface area (Å²) in [5.41, 5.74) is 2.96. The molecule has 4 nitrogen and oxygen atoms in total. The van der Waals surface area contributed by atoms with E-state index in [9.17, 15) is 0 Å². The summed E-state index contributed by atoms with van der Waals surface area (Å²) in [5, 5.41) is 0. The molecule has 2 aromatic carbocycles. The third-order valence-corrected chi connectivity index (χ3v) is 4.45. The molecular weight excluding hydrogens is 289 g/mol. The summed E-state index contributed by atoms with van der Waals surface area (Å²) < 4.78 is 18.1. The van der Waals surface area contributed by atoms with E-state index in [2.05, 4.69) is 11.6 Å². The van der Waals surface area contributed by atoms with E-state index < -0.39 is 0 Å². The van der Waals surface area contributed by atoms with Crippen LogP contribution in [-0.2, 0) is 0 Å². The van der Waals surface area contributed by atoms with E-state index in [1.165, 1.54) is 0 Å². The van der Waals surface area contributed by atoms with E-state index >= 15 is 0 Å². The number of hydrogen-bond donors (Lipinski definition) is 0. The molecule has 5 rings (SSSR count). The fraction of sp³-hybridized carbons (Fsp3) is 0.0556. The zero-order valence-electron chi connectivity index (χ0n) is 12.5. The van der Waals surface area contributed by atoms with Gasteiger partial charge in [-0.1, -0.05) is 18.7 Å². The van der Waals surface area contributed by atoms with Crippen molar-refractivity contribution in [2.75, 3.05) is 7.05 Å². The molecule has 0 bridgehead atoms. The molecule has 0 saturated carbocycles. The van der Waals surface area contributed by atoms with E-state index in [0.29, 0.717) is 11.7 Å². The normalized spacial score (nSPS) is 18.0. The lowest BCUT2D eigenvalue weighted by molar-refractivity contribution is 0.428. The van der Waals surface area contributed by atoms with Gasteiger partial charge in [-0.25, -0.2) is 0 Å². The van der Waals surface area contributed by atoms with Crippen molar-refractivity contribution in [2.24, 2.45) is 4.99 Å². The minimum Gasteiger partial charge on any atom is -0.458 e. The second-order valence-corrected chi connectivity index (χ2v) is 5.59. The van der Waals surface area contributed by atoms with Gasteiger partial charge < -0.3 is 14.2 Å². The summed E-state index contributed by atoms with van der Waals surface area (Å²) in [6, 6.07) is 11.7. The van der Waals surface area contributed by atoms with E-state index in [1.807, 2.05) is 36.4 Å². The highest BCUT2D eigenvalue weighted by Crippen LogP contribution is 2.39. The van der Waals surface area contributed by atoms with Crippen molar-refractivity contribution in [1.29, 1.82) is 0 Å². The molecule has 110 valence electrons. The average molecular weight is 301 g/mol. The molecule has 5 heteroatoms. The Morgan fingerprint density at radius 1 is 0.913 bits per heavy atom. The molecule has 3 aliphatic heterocycles. The zero-order chi connectivity index (χ0) is 15.6. The summed E-state index contributed by atoms with van der Waals surface area (Å²) in [4.78, 5) is 4.32. The van der Waals surface area contributed by atoms with Crippen molar-refractivity contribution >= 4 is 23.5 Å². The molecule has 0 atom stereocenters. The van der Waals surface area contributed by atoms with Gasteiger partial charge in [0.15, 0.2) is 0 Å². The van der Waals surface area contributed by atoms with Gasteiger partial charge in [-0.05, 0) is 30.3 Å². The maximum Gasteiger partial charge on any atom is 0.272 e. The molecule has 0 radical (unpaired) electrons. The quantitative estimate of drug-likeness (QED) is 0.758. The molecule has 0 N–H and O–H groups in total. The van der Waals surface area contributed by atoms with E-state index in [-0.39, 0.29) is 6.71 Å². The Bertz CT molecular complexity index is 945. The summed E-state index contributed by atoms with van der Waals surface area (Å²) >= 11 is 0.